The van der Waals surface area contributed by atoms with E-state index in [1.54, 1.807) is 0 Å². The molecule has 0 aromatic heterocycles. The van der Waals surface area contributed by atoms with Gasteiger partial charge in [-0.15, -0.1) is 0 Å². The summed E-state index contributed by atoms with van der Waals surface area (Å²) in [6, 6.07) is 0. The Morgan fingerprint density at radius 3 is 2.50 bits per heavy atom. The lowest BCUT2D eigenvalue weighted by Crippen LogP contribution is -2.26. The van der Waals surface area contributed by atoms with Crippen molar-refractivity contribution < 1.29 is 0 Å². The molecular formula is C12H22. The average Bonchev–Trinajstić information content (AvgIpc) is 2.03. The van der Waals surface area contributed by atoms with Gasteiger partial charge in [0.25, 0.3) is 0 Å². The van der Waals surface area contributed by atoms with Crippen molar-refractivity contribution in [2.75, 3.05) is 0 Å². The third-order valence-corrected chi connectivity index (χ3v) is 3.45. The fourth-order valence-electron chi connectivity index (χ4n) is 2.87. The van der Waals surface area contributed by atoms with Crippen molar-refractivity contribution in [3.63, 3.8) is 0 Å². The number of hydrogen-bond acceptors (Lipinski definition) is 0. The summed E-state index contributed by atoms with van der Waals surface area (Å²) in [6.07, 6.45) is 5.61. The second kappa shape index (κ2) is 4.11. The van der Waals surface area contributed by atoms with Crippen LogP contribution in [0.25, 0.3) is 0 Å². The summed E-state index contributed by atoms with van der Waals surface area (Å²) in [5, 5.41) is 0. The molecule has 0 nitrogen and oxygen atoms in total. The SMILES string of the molecule is C=C(C)C1C(C)CCCC1CC. The van der Waals surface area contributed by atoms with Crippen LogP contribution in [-0.4, -0.2) is 0 Å². The van der Waals surface area contributed by atoms with E-state index >= 15 is 0 Å². The molecule has 3 unspecified atom stereocenters. The third-order valence-electron chi connectivity index (χ3n) is 3.45. The summed E-state index contributed by atoms with van der Waals surface area (Å²) in [6.45, 7) is 11.0. The minimum Gasteiger partial charge on any atom is -0.0998 e. The van der Waals surface area contributed by atoms with Crippen molar-refractivity contribution in [3.8, 4) is 0 Å². The largest absolute Gasteiger partial charge is 0.0998 e. The molecule has 0 aliphatic heterocycles. The molecule has 0 bridgehead atoms. The van der Waals surface area contributed by atoms with Gasteiger partial charge in [-0.2, -0.15) is 0 Å². The van der Waals surface area contributed by atoms with Crippen LogP contribution in [-0.2, 0) is 0 Å². The van der Waals surface area contributed by atoms with Crippen molar-refractivity contribution in [1.29, 1.82) is 0 Å². The molecule has 0 saturated heterocycles. The van der Waals surface area contributed by atoms with Gasteiger partial charge in [0.1, 0.15) is 0 Å². The van der Waals surface area contributed by atoms with E-state index in [1.807, 2.05) is 0 Å². The first-order chi connectivity index (χ1) is 5.66. The standard InChI is InChI=1S/C12H22/c1-5-11-8-6-7-10(4)12(11)9(2)3/h10-12H,2,5-8H2,1,3-4H3. The maximum atomic E-state index is 4.13. The highest BCUT2D eigenvalue weighted by Crippen LogP contribution is 2.39. The fourth-order valence-corrected chi connectivity index (χ4v) is 2.87. The van der Waals surface area contributed by atoms with Gasteiger partial charge < -0.3 is 0 Å². The Morgan fingerprint density at radius 1 is 1.42 bits per heavy atom. The van der Waals surface area contributed by atoms with Crippen LogP contribution in [0.5, 0.6) is 0 Å². The van der Waals surface area contributed by atoms with Crippen molar-refractivity contribution in [3.05, 3.63) is 12.2 Å². The average molecular weight is 166 g/mol. The van der Waals surface area contributed by atoms with Crippen molar-refractivity contribution in [2.24, 2.45) is 17.8 Å². The van der Waals surface area contributed by atoms with Crippen molar-refractivity contribution in [2.45, 2.75) is 46.5 Å². The molecule has 1 aliphatic carbocycles. The van der Waals surface area contributed by atoms with Crippen LogP contribution in [0.4, 0.5) is 0 Å². The molecular weight excluding hydrogens is 144 g/mol. The van der Waals surface area contributed by atoms with Gasteiger partial charge >= 0.3 is 0 Å². The van der Waals surface area contributed by atoms with Crippen LogP contribution in [0, 0.1) is 17.8 Å². The molecule has 0 aromatic carbocycles. The topological polar surface area (TPSA) is 0 Å². The second-order valence-electron chi connectivity index (χ2n) is 4.45. The van der Waals surface area contributed by atoms with Crippen LogP contribution >= 0.6 is 0 Å². The quantitative estimate of drug-likeness (QED) is 0.543. The van der Waals surface area contributed by atoms with Gasteiger partial charge in [-0.05, 0) is 31.1 Å². The minimum atomic E-state index is 0.809. The molecule has 1 fully saturated rings. The number of allylic oxidation sites excluding steroid dienone is 1. The monoisotopic (exact) mass is 166 g/mol. The zero-order valence-corrected chi connectivity index (χ0v) is 8.77. The third kappa shape index (κ3) is 1.91. The van der Waals surface area contributed by atoms with E-state index in [0.29, 0.717) is 0 Å². The summed E-state index contributed by atoms with van der Waals surface area (Å²) in [5.74, 6) is 2.61. The summed E-state index contributed by atoms with van der Waals surface area (Å²) in [4.78, 5) is 0. The molecule has 0 heterocycles. The Hall–Kier alpha value is -0.260. The van der Waals surface area contributed by atoms with Crippen LogP contribution < -0.4 is 0 Å². The Labute approximate surface area is 77.1 Å². The summed E-state index contributed by atoms with van der Waals surface area (Å²) < 4.78 is 0. The molecule has 1 rings (SSSR count). The Bertz CT molecular complexity index is 157. The molecule has 0 N–H and O–H groups in total. The Kier molecular flexibility index (Phi) is 3.37. The first kappa shape index (κ1) is 9.83. The molecule has 0 amide bonds. The maximum Gasteiger partial charge on any atom is -0.0155 e. The Morgan fingerprint density at radius 2 is 2.08 bits per heavy atom. The fraction of sp³-hybridized carbons (Fsp3) is 0.833. The van der Waals surface area contributed by atoms with Gasteiger partial charge in [0, 0.05) is 0 Å². The van der Waals surface area contributed by atoms with E-state index < -0.39 is 0 Å². The predicted molar refractivity (Wildman–Crippen MR) is 55.1 cm³/mol. The van der Waals surface area contributed by atoms with Crippen LogP contribution in [0.3, 0.4) is 0 Å². The van der Waals surface area contributed by atoms with Crippen molar-refractivity contribution in [1.82, 2.24) is 0 Å². The van der Waals surface area contributed by atoms with Crippen LogP contribution in [0.1, 0.15) is 46.5 Å². The first-order valence-corrected chi connectivity index (χ1v) is 5.32. The molecule has 1 aliphatic rings. The minimum absolute atomic E-state index is 0.809. The molecule has 0 radical (unpaired) electrons. The zero-order valence-electron chi connectivity index (χ0n) is 8.77. The molecule has 3 atom stereocenters. The normalized spacial score (nSPS) is 36.4. The van der Waals surface area contributed by atoms with E-state index in [9.17, 15) is 0 Å². The highest BCUT2D eigenvalue weighted by molar-refractivity contribution is 5.02. The molecule has 70 valence electrons. The molecule has 1 saturated carbocycles. The van der Waals surface area contributed by atoms with Gasteiger partial charge in [0.05, 0.1) is 0 Å². The predicted octanol–water partition coefficient (Wildman–Crippen LogP) is 4.02. The lowest BCUT2D eigenvalue weighted by atomic mass is 9.69. The lowest BCUT2D eigenvalue weighted by Gasteiger charge is -2.36. The lowest BCUT2D eigenvalue weighted by molar-refractivity contribution is 0.193. The van der Waals surface area contributed by atoms with E-state index in [-0.39, 0.29) is 0 Å². The van der Waals surface area contributed by atoms with Gasteiger partial charge in [-0.1, -0.05) is 45.3 Å². The number of rotatable bonds is 2. The van der Waals surface area contributed by atoms with Crippen LogP contribution in [0.15, 0.2) is 12.2 Å². The highest BCUT2D eigenvalue weighted by atomic mass is 14.3. The summed E-state index contributed by atoms with van der Waals surface area (Å²) >= 11 is 0. The summed E-state index contributed by atoms with van der Waals surface area (Å²) in [7, 11) is 0. The Balaban J connectivity index is 2.66. The second-order valence-corrected chi connectivity index (χ2v) is 4.45. The molecule has 0 aromatic rings. The molecule has 12 heavy (non-hydrogen) atoms. The summed E-state index contributed by atoms with van der Waals surface area (Å²) in [5.41, 5.74) is 1.41. The first-order valence-electron chi connectivity index (χ1n) is 5.32. The van der Waals surface area contributed by atoms with Gasteiger partial charge in [0.2, 0.25) is 0 Å². The van der Waals surface area contributed by atoms with E-state index in [4.69, 9.17) is 0 Å². The van der Waals surface area contributed by atoms with E-state index in [0.717, 1.165) is 17.8 Å². The van der Waals surface area contributed by atoms with E-state index in [2.05, 4.69) is 27.4 Å². The smallest absolute Gasteiger partial charge is 0.0155 e. The van der Waals surface area contributed by atoms with Crippen LogP contribution in [0.2, 0.25) is 0 Å². The molecule has 0 heteroatoms. The maximum absolute atomic E-state index is 4.13. The zero-order chi connectivity index (χ0) is 9.14. The molecule has 0 spiro atoms. The highest BCUT2D eigenvalue weighted by Gasteiger charge is 2.29. The number of hydrogen-bond donors (Lipinski definition) is 0. The van der Waals surface area contributed by atoms with Gasteiger partial charge in [-0.3, -0.25) is 0 Å². The van der Waals surface area contributed by atoms with E-state index in [1.165, 1.54) is 31.3 Å². The van der Waals surface area contributed by atoms with Crippen molar-refractivity contribution >= 4 is 0 Å². The van der Waals surface area contributed by atoms with Gasteiger partial charge in [0.15, 0.2) is 0 Å². The van der Waals surface area contributed by atoms with Gasteiger partial charge in [-0.25, -0.2) is 0 Å².